The second-order valence-corrected chi connectivity index (χ2v) is 9.24. The van der Waals surface area contributed by atoms with Gasteiger partial charge in [-0.05, 0) is 48.5 Å². The predicted molar refractivity (Wildman–Crippen MR) is 110 cm³/mol. The van der Waals surface area contributed by atoms with Gasteiger partial charge in [0.25, 0.3) is 0 Å². The van der Waals surface area contributed by atoms with Gasteiger partial charge in [0.15, 0.2) is 15.0 Å². The Hall–Kier alpha value is -3.12. The van der Waals surface area contributed by atoms with E-state index in [1.807, 2.05) is 0 Å². The molecule has 0 radical (unpaired) electrons. The van der Waals surface area contributed by atoms with E-state index >= 15 is 0 Å². The summed E-state index contributed by atoms with van der Waals surface area (Å²) in [6.07, 6.45) is -3.69. The summed E-state index contributed by atoms with van der Waals surface area (Å²) in [6.45, 7) is 0. The summed E-state index contributed by atoms with van der Waals surface area (Å²) in [5, 5.41) is 7.80. The smallest absolute Gasteiger partial charge is 0.406 e. The highest BCUT2D eigenvalue weighted by molar-refractivity contribution is 7.90. The second-order valence-electron chi connectivity index (χ2n) is 6.36. The molecule has 0 spiro atoms. The van der Waals surface area contributed by atoms with Gasteiger partial charge in [-0.2, -0.15) is 0 Å². The van der Waals surface area contributed by atoms with Crippen LogP contribution >= 0.6 is 11.3 Å². The van der Waals surface area contributed by atoms with Crippen LogP contribution in [-0.4, -0.2) is 31.9 Å². The summed E-state index contributed by atoms with van der Waals surface area (Å²) in [5.41, 5.74) is 1.45. The van der Waals surface area contributed by atoms with Crippen molar-refractivity contribution in [1.82, 2.24) is 4.98 Å². The first-order chi connectivity index (χ1) is 14.5. The van der Waals surface area contributed by atoms with Gasteiger partial charge in [-0.15, -0.1) is 24.5 Å². The number of carbonyl (C=O) groups is 1. The van der Waals surface area contributed by atoms with Crippen LogP contribution in [0.25, 0.3) is 0 Å². The van der Waals surface area contributed by atoms with E-state index in [1.54, 1.807) is 17.5 Å². The molecule has 7 nitrogen and oxygen atoms in total. The molecule has 0 saturated carbocycles. The van der Waals surface area contributed by atoms with E-state index in [0.29, 0.717) is 22.2 Å². The van der Waals surface area contributed by atoms with Crippen molar-refractivity contribution in [1.29, 1.82) is 0 Å². The molecule has 0 aliphatic rings. The molecule has 164 valence electrons. The molecule has 3 aromatic rings. The van der Waals surface area contributed by atoms with Crippen LogP contribution < -0.4 is 15.4 Å². The Balaban J connectivity index is 1.55. The number of hydrogen-bond acceptors (Lipinski definition) is 7. The minimum atomic E-state index is -4.78. The number of sulfone groups is 1. The van der Waals surface area contributed by atoms with Crippen molar-refractivity contribution in [2.24, 2.45) is 0 Å². The number of thiazole rings is 1. The minimum absolute atomic E-state index is 0.0357. The molecular weight excluding hydrogens is 455 g/mol. The average molecular weight is 471 g/mol. The quantitative estimate of drug-likeness (QED) is 0.531. The van der Waals surface area contributed by atoms with Crippen molar-refractivity contribution in [3.63, 3.8) is 0 Å². The maximum absolute atomic E-state index is 12.2. The monoisotopic (exact) mass is 471 g/mol. The normalized spacial score (nSPS) is 11.7. The molecule has 0 bridgehead atoms. The van der Waals surface area contributed by atoms with E-state index < -0.39 is 16.2 Å². The van der Waals surface area contributed by atoms with Gasteiger partial charge in [0, 0.05) is 23.0 Å². The van der Waals surface area contributed by atoms with E-state index in [1.165, 1.54) is 35.6 Å². The molecule has 0 fully saturated rings. The molecule has 3 rings (SSSR count). The first kappa shape index (κ1) is 22.6. The Bertz CT molecular complexity index is 1160. The van der Waals surface area contributed by atoms with Crippen molar-refractivity contribution in [3.8, 4) is 5.75 Å². The van der Waals surface area contributed by atoms with Gasteiger partial charge < -0.3 is 15.4 Å². The number of carbonyl (C=O) groups excluding carboxylic acids is 1. The van der Waals surface area contributed by atoms with E-state index in [4.69, 9.17) is 0 Å². The number of nitrogens with zero attached hydrogens (tertiary/aromatic N) is 1. The minimum Gasteiger partial charge on any atom is -0.406 e. The third-order valence-corrected chi connectivity index (χ3v) is 5.73. The first-order valence-corrected chi connectivity index (χ1v) is 11.4. The Morgan fingerprint density at radius 3 is 2.26 bits per heavy atom. The molecule has 0 aliphatic carbocycles. The van der Waals surface area contributed by atoms with E-state index in [9.17, 15) is 26.4 Å². The highest BCUT2D eigenvalue weighted by Crippen LogP contribution is 2.25. The molecular formula is C19H16F3N3O4S2. The zero-order chi connectivity index (χ0) is 22.6. The Morgan fingerprint density at radius 1 is 1.06 bits per heavy atom. The third-order valence-electron chi connectivity index (χ3n) is 3.80. The van der Waals surface area contributed by atoms with Crippen molar-refractivity contribution in [3.05, 3.63) is 59.6 Å². The summed E-state index contributed by atoms with van der Waals surface area (Å²) in [5.74, 6) is -0.774. The molecule has 0 unspecified atom stereocenters. The highest BCUT2D eigenvalue weighted by atomic mass is 32.2. The number of hydrogen-bond donors (Lipinski definition) is 2. The number of nitrogens with one attached hydrogen (secondary N) is 2. The molecule has 1 aromatic heterocycles. The number of amides is 1. The summed E-state index contributed by atoms with van der Waals surface area (Å²) in [4.78, 5) is 16.7. The molecule has 0 aliphatic heterocycles. The molecule has 31 heavy (non-hydrogen) atoms. The van der Waals surface area contributed by atoms with Crippen molar-refractivity contribution in [2.45, 2.75) is 17.7 Å². The molecule has 0 atom stereocenters. The number of rotatable bonds is 7. The van der Waals surface area contributed by atoms with Crippen LogP contribution in [0.2, 0.25) is 0 Å². The van der Waals surface area contributed by atoms with Gasteiger partial charge in [0.2, 0.25) is 5.91 Å². The molecule has 12 heteroatoms. The molecule has 2 aromatic carbocycles. The van der Waals surface area contributed by atoms with Crippen molar-refractivity contribution < 1.29 is 31.1 Å². The zero-order valence-electron chi connectivity index (χ0n) is 15.9. The van der Waals surface area contributed by atoms with Gasteiger partial charge in [-0.25, -0.2) is 13.4 Å². The Morgan fingerprint density at radius 2 is 1.68 bits per heavy atom. The van der Waals surface area contributed by atoms with Crippen LogP contribution in [0.4, 0.5) is 29.7 Å². The molecule has 2 N–H and O–H groups in total. The van der Waals surface area contributed by atoms with Gasteiger partial charge >= 0.3 is 6.36 Å². The van der Waals surface area contributed by atoms with Crippen LogP contribution in [0, 0.1) is 0 Å². The fraction of sp³-hybridized carbons (Fsp3) is 0.158. The van der Waals surface area contributed by atoms with E-state index in [0.717, 1.165) is 18.4 Å². The van der Waals surface area contributed by atoms with Gasteiger partial charge in [-0.1, -0.05) is 0 Å². The van der Waals surface area contributed by atoms with E-state index in [-0.39, 0.29) is 23.0 Å². The van der Waals surface area contributed by atoms with Gasteiger partial charge in [0.1, 0.15) is 5.75 Å². The SMILES string of the molecule is CS(=O)(=O)c1ccc(Nc2nc(CC(=O)Nc3ccc(OC(F)(F)F)cc3)cs2)cc1. The Kier molecular flexibility index (Phi) is 6.51. The summed E-state index contributed by atoms with van der Waals surface area (Å²) in [7, 11) is -3.28. The Labute approximate surface area is 179 Å². The zero-order valence-corrected chi connectivity index (χ0v) is 17.6. The van der Waals surface area contributed by atoms with E-state index in [2.05, 4.69) is 20.4 Å². The number of anilines is 3. The lowest BCUT2D eigenvalue weighted by Gasteiger charge is -2.09. The standard InChI is InChI=1S/C19H16F3N3O4S2/c1-31(27,28)16-8-4-13(5-9-16)24-18-25-14(11-30-18)10-17(26)23-12-2-6-15(7-3-12)29-19(20,21)22/h2-9,11H,10H2,1H3,(H,23,26)(H,24,25). The molecule has 0 saturated heterocycles. The fourth-order valence-electron chi connectivity index (χ4n) is 2.46. The lowest BCUT2D eigenvalue weighted by Crippen LogP contribution is -2.17. The van der Waals surface area contributed by atoms with Gasteiger partial charge in [0.05, 0.1) is 17.0 Å². The highest BCUT2D eigenvalue weighted by Gasteiger charge is 2.30. The maximum Gasteiger partial charge on any atom is 0.573 e. The first-order valence-electron chi connectivity index (χ1n) is 8.65. The summed E-state index contributed by atoms with van der Waals surface area (Å²) in [6, 6.07) is 11.0. The van der Waals surface area contributed by atoms with Crippen LogP contribution in [0.5, 0.6) is 5.75 Å². The largest absolute Gasteiger partial charge is 0.573 e. The second kappa shape index (κ2) is 8.94. The van der Waals surface area contributed by atoms with Crippen LogP contribution in [0.1, 0.15) is 5.69 Å². The lowest BCUT2D eigenvalue weighted by atomic mass is 10.2. The molecule has 1 amide bonds. The number of ether oxygens (including phenoxy) is 1. The predicted octanol–water partition coefficient (Wildman–Crippen LogP) is 4.37. The number of alkyl halides is 3. The van der Waals surface area contributed by atoms with Crippen LogP contribution in [0.15, 0.2) is 58.8 Å². The van der Waals surface area contributed by atoms with Gasteiger partial charge in [-0.3, -0.25) is 4.79 Å². The third kappa shape index (κ3) is 6.96. The topological polar surface area (TPSA) is 97.4 Å². The van der Waals surface area contributed by atoms with Crippen molar-refractivity contribution in [2.75, 3.05) is 16.9 Å². The van der Waals surface area contributed by atoms with Crippen molar-refractivity contribution >= 4 is 43.6 Å². The number of halogens is 3. The maximum atomic E-state index is 12.2. The van der Waals surface area contributed by atoms with Crippen LogP contribution in [-0.2, 0) is 21.1 Å². The summed E-state index contributed by atoms with van der Waals surface area (Å²) < 4.78 is 63.3. The molecule has 1 heterocycles. The van der Waals surface area contributed by atoms with Crippen LogP contribution in [0.3, 0.4) is 0 Å². The lowest BCUT2D eigenvalue weighted by molar-refractivity contribution is -0.274. The summed E-state index contributed by atoms with van der Waals surface area (Å²) >= 11 is 1.27. The fourth-order valence-corrected chi connectivity index (χ4v) is 3.83. The number of aromatic nitrogens is 1. The number of benzene rings is 2. The average Bonchev–Trinajstić information content (AvgIpc) is 3.08.